The van der Waals surface area contributed by atoms with Crippen LogP contribution in [-0.2, 0) is 9.59 Å². The number of ether oxygens (including phenoxy) is 1. The van der Waals surface area contributed by atoms with Crippen molar-refractivity contribution in [2.24, 2.45) is 0 Å². The van der Waals surface area contributed by atoms with Gasteiger partial charge in [-0.25, -0.2) is 9.50 Å². The number of nitrogens with one attached hydrogen (secondary N) is 1. The molecule has 1 aromatic carbocycles. The van der Waals surface area contributed by atoms with Crippen molar-refractivity contribution in [1.82, 2.24) is 39.1 Å². The van der Waals surface area contributed by atoms with E-state index in [1.54, 1.807) is 17.2 Å². The Morgan fingerprint density at radius 2 is 1.98 bits per heavy atom. The van der Waals surface area contributed by atoms with Crippen molar-refractivity contribution in [3.05, 3.63) is 59.6 Å². The third kappa shape index (κ3) is 5.92. The van der Waals surface area contributed by atoms with Crippen molar-refractivity contribution in [2.45, 2.75) is 19.1 Å². The molecule has 44 heavy (non-hydrogen) atoms. The molecule has 0 aliphatic carbocycles. The number of carbonyl (C=O) groups is 3. The summed E-state index contributed by atoms with van der Waals surface area (Å²) in [5, 5.41) is 11.7. The molecule has 1 atom stereocenters. The van der Waals surface area contributed by atoms with Gasteiger partial charge in [0, 0.05) is 55.7 Å². The number of aromatic nitrogens is 5. The zero-order valence-corrected chi connectivity index (χ0v) is 24.3. The van der Waals surface area contributed by atoms with Crippen molar-refractivity contribution in [3.8, 4) is 17.0 Å². The summed E-state index contributed by atoms with van der Waals surface area (Å²) in [6.45, 7) is -0.154. The Hall–Kier alpha value is -4.63. The second-order valence-corrected chi connectivity index (χ2v) is 11.0. The van der Waals surface area contributed by atoms with Crippen LogP contribution >= 0.6 is 11.6 Å². The van der Waals surface area contributed by atoms with Gasteiger partial charge in [-0.3, -0.25) is 19.1 Å². The summed E-state index contributed by atoms with van der Waals surface area (Å²) in [6, 6.07) is 4.91. The van der Waals surface area contributed by atoms with Crippen molar-refractivity contribution >= 4 is 40.7 Å². The SMILES string of the molecule is CN1CCN(C(=O)CN2CCC(n3cc(NC(=O)c4cnn5cccnc45)c(-c4cc(Cl)ccc4OC(F)F)n3)C2=O)CC1. The number of alkyl halides is 2. The van der Waals surface area contributed by atoms with E-state index in [-0.39, 0.29) is 51.6 Å². The standard InChI is InChI=1S/C28H28ClF2N9O4/c1-36-9-11-37(12-10-36)23(41)16-38-8-5-21(27(38)43)40-15-20(34-26(42)19-14-33-39-7-2-6-32-25(19)39)24(35-40)18-13-17(29)3-4-22(18)44-28(30)31/h2-4,6-7,13-15,21,28H,5,8-12,16H2,1H3,(H,34,42). The van der Waals surface area contributed by atoms with Crippen LogP contribution in [0.4, 0.5) is 14.5 Å². The monoisotopic (exact) mass is 627 g/mol. The maximum absolute atomic E-state index is 13.5. The van der Waals surface area contributed by atoms with Gasteiger partial charge in [-0.2, -0.15) is 19.0 Å². The lowest BCUT2D eigenvalue weighted by molar-refractivity contribution is -0.140. The van der Waals surface area contributed by atoms with Crippen LogP contribution in [0.3, 0.4) is 0 Å². The number of carbonyl (C=O) groups excluding carboxylic acids is 3. The molecule has 5 heterocycles. The average Bonchev–Trinajstić information content (AvgIpc) is 3.71. The van der Waals surface area contributed by atoms with Gasteiger partial charge in [0.1, 0.15) is 23.0 Å². The Morgan fingerprint density at radius 3 is 2.75 bits per heavy atom. The largest absolute Gasteiger partial charge is 0.434 e. The molecular formula is C28H28ClF2N9O4. The minimum Gasteiger partial charge on any atom is -0.434 e. The van der Waals surface area contributed by atoms with Crippen LogP contribution in [0.2, 0.25) is 5.02 Å². The minimum absolute atomic E-state index is 0.0562. The Labute approximate surface area is 254 Å². The van der Waals surface area contributed by atoms with Gasteiger partial charge in [-0.15, -0.1) is 0 Å². The zero-order valence-electron chi connectivity index (χ0n) is 23.6. The van der Waals surface area contributed by atoms with E-state index >= 15 is 0 Å². The van der Waals surface area contributed by atoms with Crippen LogP contribution in [0.25, 0.3) is 16.9 Å². The Morgan fingerprint density at radius 1 is 1.18 bits per heavy atom. The fourth-order valence-electron chi connectivity index (χ4n) is 5.35. The summed E-state index contributed by atoms with van der Waals surface area (Å²) in [7, 11) is 1.99. The topological polar surface area (TPSA) is 130 Å². The number of amides is 3. The highest BCUT2D eigenvalue weighted by molar-refractivity contribution is 6.31. The van der Waals surface area contributed by atoms with Crippen LogP contribution in [0.1, 0.15) is 22.8 Å². The Bertz CT molecular complexity index is 1720. The van der Waals surface area contributed by atoms with Crippen molar-refractivity contribution in [1.29, 1.82) is 0 Å². The fourth-order valence-corrected chi connectivity index (χ4v) is 5.52. The van der Waals surface area contributed by atoms with E-state index in [1.807, 2.05) is 7.05 Å². The number of hydrogen-bond donors (Lipinski definition) is 1. The first-order valence-electron chi connectivity index (χ1n) is 13.9. The molecule has 16 heteroatoms. The van der Waals surface area contributed by atoms with E-state index in [0.29, 0.717) is 31.7 Å². The maximum Gasteiger partial charge on any atom is 0.387 e. The van der Waals surface area contributed by atoms with E-state index < -0.39 is 18.6 Å². The molecule has 0 saturated carbocycles. The molecule has 3 aromatic heterocycles. The molecular weight excluding hydrogens is 600 g/mol. The van der Waals surface area contributed by atoms with Gasteiger partial charge >= 0.3 is 6.61 Å². The number of likely N-dealkylation sites (N-methyl/N-ethyl adjacent to an activating group) is 1. The fraction of sp³-hybridized carbons (Fsp3) is 0.357. The second kappa shape index (κ2) is 12.2. The Balaban J connectivity index is 1.31. The van der Waals surface area contributed by atoms with Crippen LogP contribution in [0.15, 0.2) is 49.1 Å². The first-order chi connectivity index (χ1) is 21.2. The quantitative estimate of drug-likeness (QED) is 0.316. The molecule has 0 bridgehead atoms. The average molecular weight is 628 g/mol. The number of hydrogen-bond acceptors (Lipinski definition) is 8. The summed E-state index contributed by atoms with van der Waals surface area (Å²) in [4.78, 5) is 49.4. The highest BCUT2D eigenvalue weighted by Gasteiger charge is 2.36. The molecule has 13 nitrogen and oxygen atoms in total. The number of anilines is 1. The summed E-state index contributed by atoms with van der Waals surface area (Å²) in [6.07, 6.45) is 6.30. The smallest absolute Gasteiger partial charge is 0.387 e. The van der Waals surface area contributed by atoms with Gasteiger partial charge in [-0.05, 0) is 37.7 Å². The number of likely N-dealkylation sites (tertiary alicyclic amines) is 1. The van der Waals surface area contributed by atoms with Crippen LogP contribution < -0.4 is 10.1 Å². The predicted molar refractivity (Wildman–Crippen MR) is 155 cm³/mol. The van der Waals surface area contributed by atoms with Gasteiger partial charge in [-0.1, -0.05) is 11.6 Å². The van der Waals surface area contributed by atoms with E-state index in [4.69, 9.17) is 16.3 Å². The lowest BCUT2D eigenvalue weighted by atomic mass is 10.1. The first kappa shape index (κ1) is 29.4. The molecule has 2 aliphatic heterocycles. The maximum atomic E-state index is 13.5. The van der Waals surface area contributed by atoms with E-state index in [1.165, 1.54) is 50.9 Å². The molecule has 2 aliphatic rings. The summed E-state index contributed by atoms with van der Waals surface area (Å²) >= 11 is 6.22. The molecule has 6 rings (SSSR count). The predicted octanol–water partition coefficient (Wildman–Crippen LogP) is 2.65. The van der Waals surface area contributed by atoms with Gasteiger partial charge in [0.25, 0.3) is 5.91 Å². The second-order valence-electron chi connectivity index (χ2n) is 10.5. The number of nitrogens with zero attached hydrogens (tertiary/aromatic N) is 8. The molecule has 2 saturated heterocycles. The highest BCUT2D eigenvalue weighted by Crippen LogP contribution is 2.38. The summed E-state index contributed by atoms with van der Waals surface area (Å²) in [5.74, 6) is -1.26. The molecule has 0 radical (unpaired) electrons. The van der Waals surface area contributed by atoms with Crippen LogP contribution in [0, 0.1) is 0 Å². The minimum atomic E-state index is -3.14. The lowest BCUT2D eigenvalue weighted by Crippen LogP contribution is -2.50. The molecule has 230 valence electrons. The van der Waals surface area contributed by atoms with E-state index in [0.717, 1.165) is 13.1 Å². The van der Waals surface area contributed by atoms with Crippen molar-refractivity contribution in [3.63, 3.8) is 0 Å². The van der Waals surface area contributed by atoms with Gasteiger partial charge in [0.05, 0.1) is 24.6 Å². The third-order valence-electron chi connectivity index (χ3n) is 7.69. The number of fused-ring (bicyclic) bond motifs is 1. The lowest BCUT2D eigenvalue weighted by Gasteiger charge is -2.33. The van der Waals surface area contributed by atoms with Crippen LogP contribution in [-0.4, -0.2) is 110 Å². The van der Waals surface area contributed by atoms with Gasteiger partial charge < -0.3 is 24.8 Å². The molecule has 1 unspecified atom stereocenters. The van der Waals surface area contributed by atoms with Crippen molar-refractivity contribution < 1.29 is 27.9 Å². The number of piperazine rings is 1. The normalized spacial score (nSPS) is 17.6. The molecule has 2 fully saturated rings. The zero-order chi connectivity index (χ0) is 31.0. The Kier molecular flexibility index (Phi) is 8.14. The van der Waals surface area contributed by atoms with Crippen molar-refractivity contribution in [2.75, 3.05) is 51.6 Å². The summed E-state index contributed by atoms with van der Waals surface area (Å²) < 4.78 is 34.2. The third-order valence-corrected chi connectivity index (χ3v) is 7.92. The molecule has 1 N–H and O–H groups in total. The number of halogens is 3. The first-order valence-corrected chi connectivity index (χ1v) is 14.2. The number of rotatable bonds is 8. The summed E-state index contributed by atoms with van der Waals surface area (Å²) in [5.41, 5.74) is 0.713. The molecule has 3 amide bonds. The van der Waals surface area contributed by atoms with Crippen LogP contribution in [0.5, 0.6) is 5.75 Å². The van der Waals surface area contributed by atoms with E-state index in [2.05, 4.69) is 25.4 Å². The van der Waals surface area contributed by atoms with Gasteiger partial charge in [0.15, 0.2) is 5.65 Å². The van der Waals surface area contributed by atoms with E-state index in [9.17, 15) is 23.2 Å². The molecule has 0 spiro atoms. The highest BCUT2D eigenvalue weighted by atomic mass is 35.5. The molecule has 4 aromatic rings. The number of benzene rings is 1. The van der Waals surface area contributed by atoms with Gasteiger partial charge in [0.2, 0.25) is 11.8 Å².